The second-order valence-corrected chi connectivity index (χ2v) is 5.71. The third kappa shape index (κ3) is 3.81. The van der Waals surface area contributed by atoms with Crippen LogP contribution >= 0.6 is 0 Å². The maximum Gasteiger partial charge on any atom is 0.280 e. The largest absolute Gasteiger partial charge is 0.395 e. The molecule has 0 radical (unpaired) electrons. The number of sulfonamides is 1. The lowest BCUT2D eigenvalue weighted by molar-refractivity contribution is 0.305. The van der Waals surface area contributed by atoms with Crippen LogP contribution in [0.1, 0.15) is 12.1 Å². The monoisotopic (exact) mass is 306 g/mol. The van der Waals surface area contributed by atoms with Gasteiger partial charge in [-0.25, -0.2) is 4.98 Å². The third-order valence-electron chi connectivity index (χ3n) is 2.49. The molecule has 2 heterocycles. The SMILES string of the molecule is Cn1nccc1S(=O)(=O)Nc1cccc(C#CCCO)n1. The summed E-state index contributed by atoms with van der Waals surface area (Å²) in [5.74, 6) is 5.64. The highest BCUT2D eigenvalue weighted by Crippen LogP contribution is 2.13. The first-order valence-electron chi connectivity index (χ1n) is 6.10. The summed E-state index contributed by atoms with van der Waals surface area (Å²) >= 11 is 0. The van der Waals surface area contributed by atoms with Gasteiger partial charge in [-0.05, 0) is 24.1 Å². The molecule has 0 unspecified atom stereocenters. The lowest BCUT2D eigenvalue weighted by Crippen LogP contribution is -2.17. The van der Waals surface area contributed by atoms with Crippen LogP contribution in [0.5, 0.6) is 0 Å². The molecule has 0 bridgehead atoms. The quantitative estimate of drug-likeness (QED) is 0.794. The fourth-order valence-electron chi connectivity index (χ4n) is 1.59. The van der Waals surface area contributed by atoms with Crippen molar-refractivity contribution in [3.63, 3.8) is 0 Å². The van der Waals surface area contributed by atoms with Gasteiger partial charge in [0.15, 0.2) is 5.03 Å². The molecule has 0 aromatic carbocycles. The average Bonchev–Trinajstić information content (AvgIpc) is 2.86. The van der Waals surface area contributed by atoms with E-state index >= 15 is 0 Å². The molecule has 21 heavy (non-hydrogen) atoms. The summed E-state index contributed by atoms with van der Waals surface area (Å²) in [6.45, 7) is -0.0280. The van der Waals surface area contributed by atoms with Gasteiger partial charge in [0.05, 0.1) is 12.8 Å². The molecule has 2 aromatic heterocycles. The highest BCUT2D eigenvalue weighted by atomic mass is 32.2. The summed E-state index contributed by atoms with van der Waals surface area (Å²) in [5.41, 5.74) is 0.425. The first-order chi connectivity index (χ1) is 10.0. The van der Waals surface area contributed by atoms with Gasteiger partial charge in [0.1, 0.15) is 11.5 Å². The Labute approximate surface area is 122 Å². The molecule has 0 fully saturated rings. The van der Waals surface area contributed by atoms with Crippen molar-refractivity contribution in [1.29, 1.82) is 0 Å². The lowest BCUT2D eigenvalue weighted by atomic mass is 10.3. The Morgan fingerprint density at radius 1 is 1.38 bits per heavy atom. The van der Waals surface area contributed by atoms with Gasteiger partial charge in [0, 0.05) is 13.5 Å². The van der Waals surface area contributed by atoms with E-state index in [1.54, 1.807) is 19.2 Å². The van der Waals surface area contributed by atoms with Crippen molar-refractivity contribution in [2.45, 2.75) is 11.4 Å². The second-order valence-electron chi connectivity index (χ2n) is 4.08. The molecule has 0 spiro atoms. The molecule has 0 aliphatic carbocycles. The Balaban J connectivity index is 2.23. The number of anilines is 1. The van der Waals surface area contributed by atoms with E-state index in [0.29, 0.717) is 12.1 Å². The molecular formula is C13H14N4O3S. The van der Waals surface area contributed by atoms with Gasteiger partial charge in [0.2, 0.25) is 0 Å². The van der Waals surface area contributed by atoms with Crippen LogP contribution in [0.3, 0.4) is 0 Å². The van der Waals surface area contributed by atoms with Crippen molar-refractivity contribution < 1.29 is 13.5 Å². The first-order valence-corrected chi connectivity index (χ1v) is 7.59. The van der Waals surface area contributed by atoms with Crippen molar-refractivity contribution in [1.82, 2.24) is 14.8 Å². The average molecular weight is 306 g/mol. The zero-order valence-electron chi connectivity index (χ0n) is 11.3. The van der Waals surface area contributed by atoms with Crippen LogP contribution in [0.15, 0.2) is 35.5 Å². The van der Waals surface area contributed by atoms with E-state index in [0.717, 1.165) is 0 Å². The maximum absolute atomic E-state index is 12.2. The van der Waals surface area contributed by atoms with Crippen LogP contribution in [0.4, 0.5) is 5.82 Å². The summed E-state index contributed by atoms with van der Waals surface area (Å²) in [5, 5.41) is 12.5. The molecule has 0 amide bonds. The van der Waals surface area contributed by atoms with Crippen molar-refractivity contribution in [2.24, 2.45) is 7.05 Å². The number of nitrogens with one attached hydrogen (secondary N) is 1. The van der Waals surface area contributed by atoms with Gasteiger partial charge in [-0.2, -0.15) is 13.5 Å². The molecule has 8 heteroatoms. The molecule has 2 rings (SSSR count). The normalized spacial score (nSPS) is 10.8. The summed E-state index contributed by atoms with van der Waals surface area (Å²) in [7, 11) is -2.20. The van der Waals surface area contributed by atoms with Gasteiger partial charge < -0.3 is 5.11 Å². The van der Waals surface area contributed by atoms with Gasteiger partial charge in [0.25, 0.3) is 10.0 Å². The Bertz CT molecular complexity index is 787. The lowest BCUT2D eigenvalue weighted by Gasteiger charge is -2.07. The number of aliphatic hydroxyl groups is 1. The highest BCUT2D eigenvalue weighted by Gasteiger charge is 2.18. The maximum atomic E-state index is 12.2. The number of rotatable bonds is 4. The fraction of sp³-hybridized carbons (Fsp3) is 0.231. The smallest absolute Gasteiger partial charge is 0.280 e. The summed E-state index contributed by atoms with van der Waals surface area (Å²) in [4.78, 5) is 4.09. The Hall–Kier alpha value is -2.37. The number of nitrogens with zero attached hydrogens (tertiary/aromatic N) is 3. The Morgan fingerprint density at radius 3 is 2.86 bits per heavy atom. The molecule has 0 saturated heterocycles. The molecule has 0 saturated carbocycles. The van der Waals surface area contributed by atoms with Gasteiger partial charge in [-0.3, -0.25) is 9.40 Å². The summed E-state index contributed by atoms with van der Waals surface area (Å²) < 4.78 is 28.0. The minimum absolute atomic E-state index is 0.0280. The van der Waals surface area contributed by atoms with E-state index in [-0.39, 0.29) is 17.5 Å². The Kier molecular flexibility index (Phi) is 4.57. The molecule has 0 aliphatic rings. The van der Waals surface area contributed by atoms with E-state index in [4.69, 9.17) is 5.11 Å². The van der Waals surface area contributed by atoms with E-state index in [9.17, 15) is 8.42 Å². The number of hydrogen-bond donors (Lipinski definition) is 2. The van der Waals surface area contributed by atoms with Crippen LogP contribution in [-0.4, -0.2) is 34.9 Å². The fourth-order valence-corrected chi connectivity index (χ4v) is 2.71. The standard InChI is InChI=1S/C13H14N4O3S/c1-17-13(8-9-14-17)21(19,20)16-12-7-4-6-11(15-12)5-2-3-10-18/h4,6-9,18H,3,10H2,1H3,(H,15,16). The van der Waals surface area contributed by atoms with Gasteiger partial charge in [-0.15, -0.1) is 0 Å². The molecule has 0 aliphatic heterocycles. The number of hydrogen-bond acceptors (Lipinski definition) is 5. The minimum atomic E-state index is -3.74. The van der Waals surface area contributed by atoms with Crippen LogP contribution in [0, 0.1) is 11.8 Å². The molecule has 110 valence electrons. The minimum Gasteiger partial charge on any atom is -0.395 e. The number of aromatic nitrogens is 3. The highest BCUT2D eigenvalue weighted by molar-refractivity contribution is 7.92. The zero-order valence-corrected chi connectivity index (χ0v) is 12.1. The van der Waals surface area contributed by atoms with E-state index in [1.165, 1.54) is 23.0 Å². The number of aryl methyl sites for hydroxylation is 1. The number of pyridine rings is 1. The summed E-state index contributed by atoms with van der Waals surface area (Å²) in [6.07, 6.45) is 1.74. The first kappa shape index (κ1) is 15.0. The molecular weight excluding hydrogens is 292 g/mol. The second kappa shape index (κ2) is 6.39. The summed E-state index contributed by atoms with van der Waals surface area (Å²) in [6, 6.07) is 6.24. The van der Waals surface area contributed by atoms with Crippen LogP contribution in [0.2, 0.25) is 0 Å². The molecule has 2 N–H and O–H groups in total. The number of aliphatic hydroxyl groups excluding tert-OH is 1. The van der Waals surface area contributed by atoms with Crippen LogP contribution in [-0.2, 0) is 17.1 Å². The molecule has 0 atom stereocenters. The van der Waals surface area contributed by atoms with Crippen molar-refractivity contribution in [3.8, 4) is 11.8 Å². The van der Waals surface area contributed by atoms with Crippen molar-refractivity contribution in [2.75, 3.05) is 11.3 Å². The van der Waals surface area contributed by atoms with E-state index in [1.807, 2.05) is 0 Å². The topological polar surface area (TPSA) is 97.1 Å². The van der Waals surface area contributed by atoms with Crippen LogP contribution in [0.25, 0.3) is 0 Å². The zero-order chi connectivity index (χ0) is 15.3. The Morgan fingerprint density at radius 2 is 2.19 bits per heavy atom. The van der Waals surface area contributed by atoms with E-state index in [2.05, 4.69) is 26.6 Å². The molecule has 2 aromatic rings. The predicted molar refractivity (Wildman–Crippen MR) is 76.8 cm³/mol. The van der Waals surface area contributed by atoms with Crippen molar-refractivity contribution in [3.05, 3.63) is 36.2 Å². The predicted octanol–water partition coefficient (Wildman–Crippen LogP) is 0.350. The van der Waals surface area contributed by atoms with Crippen molar-refractivity contribution >= 4 is 15.8 Å². The van der Waals surface area contributed by atoms with E-state index < -0.39 is 10.0 Å². The van der Waals surface area contributed by atoms with Gasteiger partial charge >= 0.3 is 0 Å². The molecule has 7 nitrogen and oxygen atoms in total. The van der Waals surface area contributed by atoms with Gasteiger partial charge in [-0.1, -0.05) is 12.0 Å². The third-order valence-corrected chi connectivity index (χ3v) is 3.92. The van der Waals surface area contributed by atoms with Crippen LogP contribution < -0.4 is 4.72 Å².